The van der Waals surface area contributed by atoms with Gasteiger partial charge < -0.3 is 14.4 Å². The monoisotopic (exact) mass is 475 g/mol. The van der Waals surface area contributed by atoms with Crippen molar-refractivity contribution in [2.45, 2.75) is 51.8 Å². The van der Waals surface area contributed by atoms with Gasteiger partial charge in [-0.1, -0.05) is 11.6 Å². The van der Waals surface area contributed by atoms with Crippen LogP contribution in [0.2, 0.25) is 5.15 Å². The van der Waals surface area contributed by atoms with Gasteiger partial charge in [0.25, 0.3) is 0 Å². The zero-order valence-electron chi connectivity index (χ0n) is 19.3. The summed E-state index contributed by atoms with van der Waals surface area (Å²) in [5, 5.41) is 5.57. The summed E-state index contributed by atoms with van der Waals surface area (Å²) in [5.74, 6) is 0.105. The minimum Gasteiger partial charge on any atom is -0.467 e. The van der Waals surface area contributed by atoms with Gasteiger partial charge in [0.1, 0.15) is 16.9 Å². The van der Waals surface area contributed by atoms with E-state index in [1.165, 1.54) is 12.0 Å². The lowest BCUT2D eigenvalue weighted by molar-refractivity contribution is 0.0111. The number of alkyl halides is 1. The van der Waals surface area contributed by atoms with Crippen molar-refractivity contribution in [1.82, 2.24) is 24.6 Å². The van der Waals surface area contributed by atoms with Crippen molar-refractivity contribution in [2.75, 3.05) is 20.2 Å². The third kappa shape index (κ3) is 4.88. The van der Waals surface area contributed by atoms with E-state index in [9.17, 15) is 4.79 Å². The van der Waals surface area contributed by atoms with Crippen molar-refractivity contribution < 1.29 is 18.7 Å². The van der Waals surface area contributed by atoms with E-state index in [4.69, 9.17) is 21.1 Å². The maximum absolute atomic E-state index is 15.3. The van der Waals surface area contributed by atoms with Gasteiger partial charge in [-0.25, -0.2) is 13.9 Å². The molecule has 2 atom stereocenters. The first-order valence-corrected chi connectivity index (χ1v) is 11.1. The van der Waals surface area contributed by atoms with Crippen LogP contribution in [0.5, 0.6) is 6.01 Å². The molecule has 1 amide bonds. The standard InChI is InChI=1S/C23H27ClFN5O3/c1-13-8-14-11-26-30(20-10-19(24)27-21(28-20)32-5)18(14)9-16(13)15-6-7-29(12-17(15)25)22(31)33-23(2,3)4/h8-11,15,17H,6-7,12H2,1-5H3/t15-,17-/m0/s1. The molecule has 4 rings (SSSR count). The molecule has 1 fully saturated rings. The van der Waals surface area contributed by atoms with Crippen molar-refractivity contribution in [3.8, 4) is 11.8 Å². The maximum Gasteiger partial charge on any atom is 0.410 e. The molecule has 0 radical (unpaired) electrons. The first-order valence-electron chi connectivity index (χ1n) is 10.7. The number of benzene rings is 1. The number of carbonyl (C=O) groups is 1. The molecule has 1 saturated heterocycles. The fourth-order valence-electron chi connectivity index (χ4n) is 4.12. The van der Waals surface area contributed by atoms with Gasteiger partial charge in [0.05, 0.1) is 25.4 Å². The van der Waals surface area contributed by atoms with Crippen LogP contribution in [-0.4, -0.2) is 62.7 Å². The van der Waals surface area contributed by atoms with Gasteiger partial charge in [0.15, 0.2) is 5.82 Å². The second-order valence-electron chi connectivity index (χ2n) is 9.20. The third-order valence-corrected chi connectivity index (χ3v) is 5.80. The van der Waals surface area contributed by atoms with Crippen LogP contribution in [0.3, 0.4) is 0 Å². The van der Waals surface area contributed by atoms with Crippen molar-refractivity contribution >= 4 is 28.6 Å². The molecule has 3 heterocycles. The summed E-state index contributed by atoms with van der Waals surface area (Å²) in [7, 11) is 1.46. The zero-order valence-corrected chi connectivity index (χ0v) is 20.1. The van der Waals surface area contributed by atoms with E-state index in [0.717, 1.165) is 22.0 Å². The molecule has 10 heteroatoms. The Morgan fingerprint density at radius 2 is 2.00 bits per heavy atom. The minimum absolute atomic E-state index is 0.00492. The van der Waals surface area contributed by atoms with Gasteiger partial charge in [0, 0.05) is 23.9 Å². The number of ether oxygens (including phenoxy) is 2. The van der Waals surface area contributed by atoms with E-state index in [2.05, 4.69) is 15.1 Å². The molecule has 0 aliphatic carbocycles. The van der Waals surface area contributed by atoms with Crippen LogP contribution in [0.15, 0.2) is 24.4 Å². The molecular weight excluding hydrogens is 449 g/mol. The van der Waals surface area contributed by atoms with E-state index in [1.54, 1.807) is 37.7 Å². The number of piperidine rings is 1. The number of aromatic nitrogens is 4. The zero-order chi connectivity index (χ0) is 23.9. The second-order valence-corrected chi connectivity index (χ2v) is 9.58. The van der Waals surface area contributed by atoms with E-state index < -0.39 is 17.9 Å². The summed E-state index contributed by atoms with van der Waals surface area (Å²) in [6.07, 6.45) is 0.525. The average Bonchev–Trinajstić information content (AvgIpc) is 3.14. The Balaban J connectivity index is 1.64. The highest BCUT2D eigenvalue weighted by atomic mass is 35.5. The summed E-state index contributed by atoms with van der Waals surface area (Å²) in [6, 6.07) is 5.65. The summed E-state index contributed by atoms with van der Waals surface area (Å²) in [6.45, 7) is 7.78. The molecule has 8 nitrogen and oxygen atoms in total. The summed E-state index contributed by atoms with van der Waals surface area (Å²) < 4.78 is 27.5. The first-order chi connectivity index (χ1) is 15.6. The number of rotatable bonds is 3. The predicted molar refractivity (Wildman–Crippen MR) is 123 cm³/mol. The number of fused-ring (bicyclic) bond motifs is 1. The van der Waals surface area contributed by atoms with Gasteiger partial charge in [-0.15, -0.1) is 0 Å². The quantitative estimate of drug-likeness (QED) is 0.504. The molecule has 1 aliphatic rings. The Morgan fingerprint density at radius 3 is 2.67 bits per heavy atom. The number of hydrogen-bond acceptors (Lipinski definition) is 6. The molecule has 176 valence electrons. The van der Waals surface area contributed by atoms with E-state index in [1.807, 2.05) is 19.1 Å². The molecule has 1 aliphatic heterocycles. The van der Waals surface area contributed by atoms with Crippen LogP contribution >= 0.6 is 11.6 Å². The number of aryl methyl sites for hydroxylation is 1. The molecule has 0 N–H and O–H groups in total. The number of carbonyl (C=O) groups excluding carboxylic acids is 1. The molecular formula is C23H27ClFN5O3. The van der Waals surface area contributed by atoms with Gasteiger partial charge in [-0.2, -0.15) is 15.1 Å². The summed E-state index contributed by atoms with van der Waals surface area (Å²) in [5.41, 5.74) is 2.01. The molecule has 0 unspecified atom stereocenters. The molecule has 0 bridgehead atoms. The van der Waals surface area contributed by atoms with Crippen LogP contribution in [0.4, 0.5) is 9.18 Å². The van der Waals surface area contributed by atoms with Gasteiger partial charge in [-0.3, -0.25) is 0 Å². The summed E-state index contributed by atoms with van der Waals surface area (Å²) in [4.78, 5) is 22.2. The molecule has 2 aromatic heterocycles. The largest absolute Gasteiger partial charge is 0.467 e. The van der Waals surface area contributed by atoms with Crippen molar-refractivity contribution in [3.63, 3.8) is 0 Å². The van der Waals surface area contributed by atoms with Gasteiger partial charge >= 0.3 is 12.1 Å². The maximum atomic E-state index is 15.3. The fraction of sp³-hybridized carbons (Fsp3) is 0.478. The first kappa shape index (κ1) is 23.2. The van der Waals surface area contributed by atoms with Crippen LogP contribution < -0.4 is 4.74 Å². The molecule has 1 aromatic carbocycles. The Kier molecular flexibility index (Phi) is 6.18. The van der Waals surface area contributed by atoms with Crippen LogP contribution in [0.25, 0.3) is 16.7 Å². The molecule has 33 heavy (non-hydrogen) atoms. The van der Waals surface area contributed by atoms with Crippen molar-refractivity contribution in [2.24, 2.45) is 0 Å². The Bertz CT molecular complexity index is 1190. The molecule has 3 aromatic rings. The fourth-order valence-corrected chi connectivity index (χ4v) is 4.29. The van der Waals surface area contributed by atoms with Crippen LogP contribution in [0, 0.1) is 6.92 Å². The topological polar surface area (TPSA) is 82.4 Å². The van der Waals surface area contributed by atoms with Gasteiger partial charge in [0.2, 0.25) is 0 Å². The Hall–Kier alpha value is -2.94. The second kappa shape index (κ2) is 8.78. The van der Waals surface area contributed by atoms with Gasteiger partial charge in [-0.05, 0) is 57.4 Å². The lowest BCUT2D eigenvalue weighted by Crippen LogP contribution is -2.46. The lowest BCUT2D eigenvalue weighted by Gasteiger charge is -2.36. The highest BCUT2D eigenvalue weighted by molar-refractivity contribution is 6.29. The molecule has 0 spiro atoms. The highest BCUT2D eigenvalue weighted by Crippen LogP contribution is 2.35. The Morgan fingerprint density at radius 1 is 1.24 bits per heavy atom. The van der Waals surface area contributed by atoms with Crippen molar-refractivity contribution in [3.05, 3.63) is 40.7 Å². The molecule has 0 saturated carbocycles. The lowest BCUT2D eigenvalue weighted by atomic mass is 9.85. The number of hydrogen-bond donors (Lipinski definition) is 0. The number of halogens is 2. The number of nitrogens with zero attached hydrogens (tertiary/aromatic N) is 5. The highest BCUT2D eigenvalue weighted by Gasteiger charge is 2.35. The van der Waals surface area contributed by atoms with E-state index in [0.29, 0.717) is 18.8 Å². The SMILES string of the molecule is COc1nc(Cl)cc(-n2ncc3cc(C)c([C@@H]4CCN(C(=O)OC(C)(C)C)C[C@@H]4F)cc32)n1. The third-order valence-electron chi connectivity index (χ3n) is 5.61. The smallest absolute Gasteiger partial charge is 0.410 e. The van der Waals surface area contributed by atoms with Crippen LogP contribution in [-0.2, 0) is 4.74 Å². The minimum atomic E-state index is -1.22. The van der Waals surface area contributed by atoms with E-state index >= 15 is 4.39 Å². The normalized spacial score (nSPS) is 19.1. The Labute approximate surface area is 196 Å². The van der Waals surface area contributed by atoms with Crippen LogP contribution in [0.1, 0.15) is 44.2 Å². The summed E-state index contributed by atoms with van der Waals surface area (Å²) >= 11 is 6.11. The number of methoxy groups -OCH3 is 1. The van der Waals surface area contributed by atoms with E-state index in [-0.39, 0.29) is 23.6 Å². The number of likely N-dealkylation sites (tertiary alicyclic amines) is 1. The average molecular weight is 476 g/mol. The number of amides is 1. The predicted octanol–water partition coefficient (Wildman–Crippen LogP) is 4.85. The van der Waals surface area contributed by atoms with Crippen molar-refractivity contribution in [1.29, 1.82) is 0 Å².